The lowest BCUT2D eigenvalue weighted by Crippen LogP contribution is -2.38. The Morgan fingerprint density at radius 2 is 2.00 bits per heavy atom. The van der Waals surface area contributed by atoms with Gasteiger partial charge < -0.3 is 19.7 Å². The molecule has 0 unspecified atom stereocenters. The SMILES string of the molecule is COc1cccc(NC(=O)COC(=O)C2CCN(c3ncnc4sc(C)c(C)c34)CC2)c1. The fraction of sp³-hybridized carbons (Fsp3) is 0.391. The van der Waals surface area contributed by atoms with Crippen LogP contribution in [0.3, 0.4) is 0 Å². The number of hydrogen-bond acceptors (Lipinski definition) is 8. The van der Waals surface area contributed by atoms with E-state index in [1.807, 2.05) is 0 Å². The predicted molar refractivity (Wildman–Crippen MR) is 124 cm³/mol. The lowest BCUT2D eigenvalue weighted by atomic mass is 9.97. The van der Waals surface area contributed by atoms with Crippen LogP contribution in [0.2, 0.25) is 0 Å². The Bertz CT molecular complexity index is 1140. The summed E-state index contributed by atoms with van der Waals surface area (Å²) in [6.45, 7) is 5.29. The van der Waals surface area contributed by atoms with E-state index in [-0.39, 0.29) is 24.4 Å². The Morgan fingerprint density at radius 1 is 1.22 bits per heavy atom. The molecule has 3 heterocycles. The van der Waals surface area contributed by atoms with Crippen LogP contribution in [0.1, 0.15) is 23.3 Å². The van der Waals surface area contributed by atoms with Crippen LogP contribution < -0.4 is 15.0 Å². The molecular weight excluding hydrogens is 428 g/mol. The molecule has 9 heteroatoms. The summed E-state index contributed by atoms with van der Waals surface area (Å²) in [5.74, 6) is 0.636. The van der Waals surface area contributed by atoms with Gasteiger partial charge in [-0.15, -0.1) is 11.3 Å². The molecule has 1 aliphatic heterocycles. The molecule has 3 aromatic rings. The fourth-order valence-corrected chi connectivity index (χ4v) is 4.87. The highest BCUT2D eigenvalue weighted by molar-refractivity contribution is 7.18. The number of aromatic nitrogens is 2. The second-order valence-corrected chi connectivity index (χ2v) is 9.01. The number of amides is 1. The molecule has 32 heavy (non-hydrogen) atoms. The molecule has 4 rings (SSSR count). The Hall–Kier alpha value is -3.20. The van der Waals surface area contributed by atoms with Gasteiger partial charge in [0.2, 0.25) is 0 Å². The molecule has 0 atom stereocenters. The Balaban J connectivity index is 1.30. The molecular formula is C23H26N4O4S. The van der Waals surface area contributed by atoms with E-state index >= 15 is 0 Å². The van der Waals surface area contributed by atoms with E-state index in [1.165, 1.54) is 10.4 Å². The van der Waals surface area contributed by atoms with Crippen molar-refractivity contribution in [2.24, 2.45) is 5.92 Å². The second kappa shape index (κ2) is 9.52. The Morgan fingerprint density at radius 3 is 2.75 bits per heavy atom. The van der Waals surface area contributed by atoms with Crippen molar-refractivity contribution < 1.29 is 19.1 Å². The standard InChI is InChI=1S/C23H26N4O4S/c1-14-15(2)32-22-20(14)21(24-13-25-22)27-9-7-16(8-10-27)23(29)31-12-19(28)26-17-5-4-6-18(11-17)30-3/h4-6,11,13,16H,7-10,12H2,1-3H3,(H,26,28). The molecule has 8 nitrogen and oxygen atoms in total. The van der Waals surface area contributed by atoms with E-state index < -0.39 is 0 Å². The van der Waals surface area contributed by atoms with E-state index in [0.29, 0.717) is 37.4 Å². The van der Waals surface area contributed by atoms with E-state index in [9.17, 15) is 9.59 Å². The van der Waals surface area contributed by atoms with Crippen LogP contribution in [-0.2, 0) is 14.3 Å². The van der Waals surface area contributed by atoms with Crippen molar-refractivity contribution in [1.29, 1.82) is 0 Å². The van der Waals surface area contributed by atoms with Gasteiger partial charge >= 0.3 is 5.97 Å². The number of nitrogens with zero attached hydrogens (tertiary/aromatic N) is 3. The summed E-state index contributed by atoms with van der Waals surface area (Å²) in [4.78, 5) is 38.0. The monoisotopic (exact) mass is 454 g/mol. The summed E-state index contributed by atoms with van der Waals surface area (Å²) in [6, 6.07) is 7.02. The molecule has 1 amide bonds. The quantitative estimate of drug-likeness (QED) is 0.568. The zero-order valence-electron chi connectivity index (χ0n) is 18.4. The molecule has 0 radical (unpaired) electrons. The summed E-state index contributed by atoms with van der Waals surface area (Å²) >= 11 is 1.68. The first-order chi connectivity index (χ1) is 15.5. The highest BCUT2D eigenvalue weighted by Crippen LogP contribution is 2.35. The third-order valence-corrected chi connectivity index (χ3v) is 6.89. The van der Waals surface area contributed by atoms with Crippen LogP contribution in [0.25, 0.3) is 10.2 Å². The lowest BCUT2D eigenvalue weighted by molar-refractivity contribution is -0.152. The molecule has 168 valence electrons. The number of thiophene rings is 1. The van der Waals surface area contributed by atoms with Crippen molar-refractivity contribution in [1.82, 2.24) is 9.97 Å². The number of carbonyl (C=O) groups excluding carboxylic acids is 2. The normalized spacial score (nSPS) is 14.4. The minimum Gasteiger partial charge on any atom is -0.497 e. The Kier molecular flexibility index (Phi) is 6.55. The number of carbonyl (C=O) groups is 2. The minimum atomic E-state index is -0.379. The van der Waals surface area contributed by atoms with Gasteiger partial charge in [-0.2, -0.15) is 0 Å². The van der Waals surface area contributed by atoms with Crippen molar-refractivity contribution in [2.45, 2.75) is 26.7 Å². The zero-order chi connectivity index (χ0) is 22.7. The number of benzene rings is 1. The summed E-state index contributed by atoms with van der Waals surface area (Å²) in [7, 11) is 1.56. The third-order valence-electron chi connectivity index (χ3n) is 5.77. The summed E-state index contributed by atoms with van der Waals surface area (Å²) < 4.78 is 10.4. The molecule has 0 spiro atoms. The molecule has 0 bridgehead atoms. The molecule has 0 aliphatic carbocycles. The first-order valence-corrected chi connectivity index (χ1v) is 11.3. The van der Waals surface area contributed by atoms with Gasteiger partial charge in [-0.3, -0.25) is 9.59 Å². The number of fused-ring (bicyclic) bond motifs is 1. The number of anilines is 2. The maximum atomic E-state index is 12.5. The number of methoxy groups -OCH3 is 1. The summed E-state index contributed by atoms with van der Waals surface area (Å²) in [5, 5.41) is 3.81. The molecule has 1 N–H and O–H groups in total. The molecule has 1 aliphatic rings. The van der Waals surface area contributed by atoms with E-state index in [2.05, 4.69) is 34.0 Å². The lowest BCUT2D eigenvalue weighted by Gasteiger charge is -2.32. The van der Waals surface area contributed by atoms with Crippen molar-refractivity contribution in [3.05, 3.63) is 41.0 Å². The number of aryl methyl sites for hydroxylation is 2. The van der Waals surface area contributed by atoms with Gasteiger partial charge in [-0.05, 0) is 44.4 Å². The Labute approximate surface area is 190 Å². The van der Waals surface area contributed by atoms with Crippen molar-refractivity contribution in [3.8, 4) is 5.75 Å². The number of rotatable bonds is 6. The summed E-state index contributed by atoms with van der Waals surface area (Å²) in [5.41, 5.74) is 1.80. The predicted octanol–water partition coefficient (Wildman–Crippen LogP) is 3.72. The van der Waals surface area contributed by atoms with E-state index in [4.69, 9.17) is 9.47 Å². The van der Waals surface area contributed by atoms with Gasteiger partial charge in [0, 0.05) is 29.7 Å². The van der Waals surface area contributed by atoms with Crippen LogP contribution >= 0.6 is 11.3 Å². The van der Waals surface area contributed by atoms with Crippen LogP contribution in [0.4, 0.5) is 11.5 Å². The van der Waals surface area contributed by atoms with Crippen LogP contribution in [0.5, 0.6) is 5.75 Å². The highest BCUT2D eigenvalue weighted by atomic mass is 32.1. The van der Waals surface area contributed by atoms with Gasteiger partial charge in [0.25, 0.3) is 5.91 Å². The highest BCUT2D eigenvalue weighted by Gasteiger charge is 2.28. The second-order valence-electron chi connectivity index (χ2n) is 7.81. The fourth-order valence-electron chi connectivity index (χ4n) is 3.88. The molecule has 1 saturated heterocycles. The minimum absolute atomic E-state index is 0.224. The summed E-state index contributed by atoms with van der Waals surface area (Å²) in [6.07, 6.45) is 2.92. The maximum Gasteiger partial charge on any atom is 0.309 e. The first kappa shape index (κ1) is 22.0. The first-order valence-electron chi connectivity index (χ1n) is 10.5. The average molecular weight is 455 g/mol. The number of ether oxygens (including phenoxy) is 2. The van der Waals surface area contributed by atoms with Crippen LogP contribution in [-0.4, -0.2) is 48.7 Å². The van der Waals surface area contributed by atoms with Crippen molar-refractivity contribution >= 4 is 44.9 Å². The van der Waals surface area contributed by atoms with E-state index in [1.54, 1.807) is 49.0 Å². The third kappa shape index (κ3) is 4.67. The van der Waals surface area contributed by atoms with Gasteiger partial charge in [0.1, 0.15) is 22.7 Å². The average Bonchev–Trinajstić information content (AvgIpc) is 3.11. The number of esters is 1. The molecule has 2 aromatic heterocycles. The molecule has 1 aromatic carbocycles. The van der Waals surface area contributed by atoms with E-state index in [0.717, 1.165) is 16.0 Å². The molecule has 0 saturated carbocycles. The van der Waals surface area contributed by atoms with Crippen LogP contribution in [0, 0.1) is 19.8 Å². The topological polar surface area (TPSA) is 93.6 Å². The van der Waals surface area contributed by atoms with Gasteiger partial charge in [0.15, 0.2) is 6.61 Å². The van der Waals surface area contributed by atoms with Crippen molar-refractivity contribution in [2.75, 3.05) is 37.0 Å². The molecule has 1 fully saturated rings. The van der Waals surface area contributed by atoms with Gasteiger partial charge in [0.05, 0.1) is 18.4 Å². The van der Waals surface area contributed by atoms with Crippen LogP contribution in [0.15, 0.2) is 30.6 Å². The zero-order valence-corrected chi connectivity index (χ0v) is 19.2. The largest absolute Gasteiger partial charge is 0.497 e. The van der Waals surface area contributed by atoms with Crippen molar-refractivity contribution in [3.63, 3.8) is 0 Å². The number of hydrogen-bond donors (Lipinski definition) is 1. The van der Waals surface area contributed by atoms with Gasteiger partial charge in [-0.1, -0.05) is 6.07 Å². The number of piperidine rings is 1. The number of nitrogens with one attached hydrogen (secondary N) is 1. The maximum absolute atomic E-state index is 12.5. The smallest absolute Gasteiger partial charge is 0.309 e. The van der Waals surface area contributed by atoms with Gasteiger partial charge in [-0.25, -0.2) is 9.97 Å².